The summed E-state index contributed by atoms with van der Waals surface area (Å²) in [6, 6.07) is 30.8. The lowest BCUT2D eigenvalue weighted by atomic mass is 9.62. The van der Waals surface area contributed by atoms with E-state index in [1.165, 1.54) is 4.90 Å². The number of fused-ring (bicyclic) bond motifs is 2. The van der Waals surface area contributed by atoms with Crippen LogP contribution in [0.1, 0.15) is 37.4 Å². The fraction of sp³-hybridized carbons (Fsp3) is 0.326. The third kappa shape index (κ3) is 5.58. The van der Waals surface area contributed by atoms with Crippen LogP contribution in [-0.2, 0) is 25.7 Å². The first-order valence-electron chi connectivity index (χ1n) is 17.7. The Morgan fingerprint density at radius 1 is 0.922 bits per heavy atom. The van der Waals surface area contributed by atoms with E-state index in [0.29, 0.717) is 24.2 Å². The second kappa shape index (κ2) is 13.6. The van der Waals surface area contributed by atoms with Gasteiger partial charge in [0.1, 0.15) is 11.6 Å². The molecule has 4 aromatic rings. The number of amides is 3. The molecule has 4 aromatic carbocycles. The molecule has 262 valence electrons. The van der Waals surface area contributed by atoms with Crippen LogP contribution in [0.4, 0.5) is 5.69 Å². The van der Waals surface area contributed by atoms with Gasteiger partial charge in [-0.3, -0.25) is 14.4 Å². The first-order valence-corrected chi connectivity index (χ1v) is 17.7. The molecule has 0 radical (unpaired) electrons. The molecule has 3 saturated heterocycles. The molecule has 3 aliphatic rings. The van der Waals surface area contributed by atoms with Crippen molar-refractivity contribution >= 4 is 34.2 Å². The Balaban J connectivity index is 1.37. The maximum atomic E-state index is 15.4. The van der Waals surface area contributed by atoms with Crippen LogP contribution in [0.3, 0.4) is 0 Å². The molecule has 3 aliphatic heterocycles. The number of rotatable bonds is 12. The second-order valence-corrected chi connectivity index (χ2v) is 14.3. The van der Waals surface area contributed by atoms with Crippen molar-refractivity contribution in [3.8, 4) is 0 Å². The quantitative estimate of drug-likeness (QED) is 0.177. The maximum absolute atomic E-state index is 15.4. The van der Waals surface area contributed by atoms with E-state index in [4.69, 9.17) is 4.74 Å². The average molecular weight is 684 g/mol. The van der Waals surface area contributed by atoms with Crippen LogP contribution in [0.25, 0.3) is 10.8 Å². The minimum absolute atomic E-state index is 0.147. The van der Waals surface area contributed by atoms with Gasteiger partial charge in [-0.15, -0.1) is 13.2 Å². The van der Waals surface area contributed by atoms with Crippen molar-refractivity contribution in [3.05, 3.63) is 140 Å². The van der Waals surface area contributed by atoms with E-state index in [2.05, 4.69) is 13.2 Å². The number of carbonyl (C=O) groups excluding carboxylic acids is 3. The van der Waals surface area contributed by atoms with Gasteiger partial charge < -0.3 is 24.5 Å². The van der Waals surface area contributed by atoms with Crippen molar-refractivity contribution in [1.29, 1.82) is 0 Å². The van der Waals surface area contributed by atoms with E-state index in [9.17, 15) is 9.90 Å². The molecule has 3 amide bonds. The number of nitrogens with zero attached hydrogens (tertiary/aromatic N) is 3. The molecule has 0 saturated carbocycles. The minimum Gasteiger partial charge on any atom is -0.394 e. The number of likely N-dealkylation sites (tertiary alicyclic amines) is 1. The van der Waals surface area contributed by atoms with Crippen molar-refractivity contribution in [2.75, 3.05) is 24.6 Å². The van der Waals surface area contributed by atoms with E-state index in [1.807, 2.05) is 117 Å². The summed E-state index contributed by atoms with van der Waals surface area (Å²) in [5.41, 5.74) is -0.0143. The lowest BCUT2D eigenvalue weighted by Crippen LogP contribution is -2.57. The molecular formula is C43H45N3O5. The van der Waals surface area contributed by atoms with Crippen LogP contribution >= 0.6 is 0 Å². The molecular weight excluding hydrogens is 638 g/mol. The summed E-state index contributed by atoms with van der Waals surface area (Å²) in [6.07, 6.45) is 3.77. The SMILES string of the molecule is C=CCN(Cc1ccccc1)C(=O)[C@H]1[C@H]2C(=O)N([C@H](CO)c3ccccc3)C(C(=O)N(CC=C)c3ccc4ccccc4c3)C23CC(C)[C@]1(C)O3. The Hall–Kier alpha value is -5.05. The molecule has 8 nitrogen and oxygen atoms in total. The lowest BCUT2D eigenvalue weighted by Gasteiger charge is -2.39. The predicted molar refractivity (Wildman–Crippen MR) is 198 cm³/mol. The molecule has 0 aliphatic carbocycles. The zero-order chi connectivity index (χ0) is 35.9. The molecule has 7 atom stereocenters. The van der Waals surface area contributed by atoms with E-state index in [0.717, 1.165) is 16.3 Å². The number of aliphatic hydroxyl groups is 1. The molecule has 51 heavy (non-hydrogen) atoms. The summed E-state index contributed by atoms with van der Waals surface area (Å²) in [6.45, 7) is 12.3. The van der Waals surface area contributed by atoms with Gasteiger partial charge in [0.2, 0.25) is 11.8 Å². The van der Waals surface area contributed by atoms with Crippen LogP contribution in [0.15, 0.2) is 128 Å². The Morgan fingerprint density at radius 3 is 2.24 bits per heavy atom. The van der Waals surface area contributed by atoms with Crippen molar-refractivity contribution < 1.29 is 24.2 Å². The number of benzene rings is 4. The summed E-state index contributed by atoms with van der Waals surface area (Å²) >= 11 is 0. The van der Waals surface area contributed by atoms with Gasteiger partial charge in [-0.25, -0.2) is 0 Å². The summed E-state index contributed by atoms with van der Waals surface area (Å²) in [7, 11) is 0. The average Bonchev–Trinajstić information content (AvgIpc) is 3.67. The van der Waals surface area contributed by atoms with Gasteiger partial charge in [-0.2, -0.15) is 0 Å². The van der Waals surface area contributed by atoms with Gasteiger partial charge in [0, 0.05) is 25.3 Å². The highest BCUT2D eigenvalue weighted by molar-refractivity contribution is 6.06. The van der Waals surface area contributed by atoms with Crippen molar-refractivity contribution in [1.82, 2.24) is 9.80 Å². The molecule has 2 bridgehead atoms. The number of carbonyl (C=O) groups is 3. The highest BCUT2D eigenvalue weighted by Gasteiger charge is 2.80. The molecule has 7 rings (SSSR count). The van der Waals surface area contributed by atoms with Crippen molar-refractivity contribution in [2.24, 2.45) is 17.8 Å². The van der Waals surface area contributed by atoms with Crippen LogP contribution in [0.2, 0.25) is 0 Å². The highest BCUT2D eigenvalue weighted by atomic mass is 16.5. The predicted octanol–water partition coefficient (Wildman–Crippen LogP) is 6.32. The largest absolute Gasteiger partial charge is 0.394 e. The number of ether oxygens (including phenoxy) is 1. The molecule has 1 N–H and O–H groups in total. The van der Waals surface area contributed by atoms with E-state index < -0.39 is 41.7 Å². The van der Waals surface area contributed by atoms with Gasteiger partial charge in [0.05, 0.1) is 30.1 Å². The Kier molecular flexibility index (Phi) is 9.16. The van der Waals surface area contributed by atoms with Crippen LogP contribution in [0, 0.1) is 17.8 Å². The van der Waals surface area contributed by atoms with E-state index in [-0.39, 0.29) is 36.7 Å². The summed E-state index contributed by atoms with van der Waals surface area (Å²) in [5.74, 6) is -2.86. The van der Waals surface area contributed by atoms with Crippen molar-refractivity contribution in [2.45, 2.75) is 50.1 Å². The molecule has 0 aromatic heterocycles. The smallest absolute Gasteiger partial charge is 0.253 e. The first-order chi connectivity index (χ1) is 24.7. The monoisotopic (exact) mass is 683 g/mol. The zero-order valence-electron chi connectivity index (χ0n) is 29.2. The van der Waals surface area contributed by atoms with Gasteiger partial charge >= 0.3 is 0 Å². The van der Waals surface area contributed by atoms with Gasteiger partial charge in [0.25, 0.3) is 5.91 Å². The van der Waals surface area contributed by atoms with Crippen LogP contribution in [-0.4, -0.2) is 69.6 Å². The van der Waals surface area contributed by atoms with E-state index in [1.54, 1.807) is 22.0 Å². The summed E-state index contributed by atoms with van der Waals surface area (Å²) in [5, 5.41) is 13.0. The number of hydrogen-bond acceptors (Lipinski definition) is 5. The molecule has 3 unspecified atom stereocenters. The van der Waals surface area contributed by atoms with Gasteiger partial charge in [0.15, 0.2) is 0 Å². The Labute approximate surface area is 299 Å². The summed E-state index contributed by atoms with van der Waals surface area (Å²) < 4.78 is 7.10. The third-order valence-corrected chi connectivity index (χ3v) is 11.4. The van der Waals surface area contributed by atoms with Crippen LogP contribution < -0.4 is 4.90 Å². The maximum Gasteiger partial charge on any atom is 0.253 e. The lowest BCUT2D eigenvalue weighted by molar-refractivity contribution is -0.154. The number of anilines is 1. The number of aliphatic hydroxyl groups excluding tert-OH is 1. The normalized spacial score (nSPS) is 26.9. The number of hydrogen-bond donors (Lipinski definition) is 1. The van der Waals surface area contributed by atoms with Gasteiger partial charge in [-0.05, 0) is 53.3 Å². The first kappa shape index (κ1) is 34.4. The Bertz CT molecular complexity index is 1970. The fourth-order valence-electron chi connectivity index (χ4n) is 9.03. The second-order valence-electron chi connectivity index (χ2n) is 14.3. The highest BCUT2D eigenvalue weighted by Crippen LogP contribution is 2.66. The topological polar surface area (TPSA) is 90.4 Å². The molecule has 3 fully saturated rings. The standard InChI is InChI=1S/C43H45N3O5/c1-5-23-44(27-30-15-9-7-10-16-30)39(48)36-37-40(49)46(35(28-47)32-18-11-8-12-19-32)38(43(37)26-29(3)42(36,4)51-43)41(50)45(24-6-2)34-22-21-31-17-13-14-20-33(31)25-34/h5-22,25,29,35-38,47H,1-2,23-24,26-28H2,3-4H3/t29?,35-,36-,37+,38?,42+,43?/m1/s1. The van der Waals surface area contributed by atoms with Crippen molar-refractivity contribution in [3.63, 3.8) is 0 Å². The van der Waals surface area contributed by atoms with Crippen LogP contribution in [0.5, 0.6) is 0 Å². The van der Waals surface area contributed by atoms with Gasteiger partial charge in [-0.1, -0.05) is 110 Å². The minimum atomic E-state index is -1.31. The Morgan fingerprint density at radius 2 is 1.57 bits per heavy atom. The third-order valence-electron chi connectivity index (χ3n) is 11.4. The molecule has 8 heteroatoms. The summed E-state index contributed by atoms with van der Waals surface area (Å²) in [4.78, 5) is 50.4. The zero-order valence-corrected chi connectivity index (χ0v) is 29.2. The molecule has 1 spiro atoms. The fourth-order valence-corrected chi connectivity index (χ4v) is 9.03. The van der Waals surface area contributed by atoms with E-state index >= 15 is 9.59 Å². The molecule has 3 heterocycles.